The maximum atomic E-state index is 12.1. The summed E-state index contributed by atoms with van der Waals surface area (Å²) < 4.78 is 0.350. The van der Waals surface area contributed by atoms with Gasteiger partial charge < -0.3 is 15.5 Å². The van der Waals surface area contributed by atoms with Crippen LogP contribution >= 0.6 is 15.9 Å². The lowest BCUT2D eigenvalue weighted by Gasteiger charge is -2.06. The van der Waals surface area contributed by atoms with Crippen molar-refractivity contribution in [2.75, 3.05) is 0 Å². The van der Waals surface area contributed by atoms with Crippen LogP contribution in [0.15, 0.2) is 52.5 Å². The van der Waals surface area contributed by atoms with Crippen molar-refractivity contribution >= 4 is 27.9 Å². The minimum atomic E-state index is -0.542. The molecule has 0 aliphatic carbocycles. The van der Waals surface area contributed by atoms with E-state index in [1.165, 1.54) is 12.1 Å². The molecule has 1 amide bonds. The second-order valence-electron chi connectivity index (χ2n) is 4.70. The van der Waals surface area contributed by atoms with Gasteiger partial charge in [-0.3, -0.25) is 4.79 Å². The number of nitriles is 1. The highest BCUT2D eigenvalue weighted by Crippen LogP contribution is 2.32. The van der Waals surface area contributed by atoms with Gasteiger partial charge in [0.15, 0.2) is 0 Å². The molecule has 2 rings (SSSR count). The SMILES string of the molecule is N#C/C(=C/c1cc(Br)c(O)cc1O)C(=O)NCc1ccccc1. The summed E-state index contributed by atoms with van der Waals surface area (Å²) in [4.78, 5) is 12.1. The molecule has 0 radical (unpaired) electrons. The van der Waals surface area contributed by atoms with Crippen molar-refractivity contribution in [1.82, 2.24) is 5.32 Å². The molecule has 0 heterocycles. The predicted octanol–water partition coefficient (Wildman–Crippen LogP) is 3.08. The fourth-order valence-corrected chi connectivity index (χ4v) is 2.22. The van der Waals surface area contributed by atoms with Crippen LogP contribution in [-0.2, 0) is 11.3 Å². The molecule has 116 valence electrons. The Morgan fingerprint density at radius 2 is 1.91 bits per heavy atom. The summed E-state index contributed by atoms with van der Waals surface area (Å²) in [5.74, 6) is -0.902. The molecule has 0 bridgehead atoms. The maximum Gasteiger partial charge on any atom is 0.262 e. The van der Waals surface area contributed by atoms with E-state index >= 15 is 0 Å². The van der Waals surface area contributed by atoms with Crippen LogP contribution in [0.2, 0.25) is 0 Å². The minimum absolute atomic E-state index is 0.133. The van der Waals surface area contributed by atoms with Gasteiger partial charge in [0.25, 0.3) is 5.91 Å². The zero-order valence-corrected chi connectivity index (χ0v) is 13.5. The number of rotatable bonds is 4. The molecule has 0 aromatic heterocycles. The monoisotopic (exact) mass is 372 g/mol. The van der Waals surface area contributed by atoms with E-state index in [-0.39, 0.29) is 22.6 Å². The summed E-state index contributed by atoms with van der Waals surface area (Å²) in [6.07, 6.45) is 1.26. The fourth-order valence-electron chi connectivity index (χ4n) is 1.86. The van der Waals surface area contributed by atoms with Crippen LogP contribution in [-0.4, -0.2) is 16.1 Å². The normalized spacial score (nSPS) is 10.9. The predicted molar refractivity (Wildman–Crippen MR) is 89.4 cm³/mol. The molecular formula is C17H13BrN2O3. The van der Waals surface area contributed by atoms with E-state index in [1.807, 2.05) is 36.4 Å². The Bertz CT molecular complexity index is 795. The number of phenols is 2. The first-order chi connectivity index (χ1) is 11.0. The largest absolute Gasteiger partial charge is 0.507 e. The van der Waals surface area contributed by atoms with Crippen LogP contribution in [0.3, 0.4) is 0 Å². The van der Waals surface area contributed by atoms with Gasteiger partial charge in [0.1, 0.15) is 23.1 Å². The molecule has 0 atom stereocenters. The Balaban J connectivity index is 2.17. The Morgan fingerprint density at radius 3 is 2.57 bits per heavy atom. The van der Waals surface area contributed by atoms with Crippen molar-refractivity contribution in [3.05, 3.63) is 63.6 Å². The molecule has 0 aliphatic rings. The highest BCUT2D eigenvalue weighted by Gasteiger charge is 2.11. The van der Waals surface area contributed by atoms with Gasteiger partial charge in [-0.1, -0.05) is 30.3 Å². The summed E-state index contributed by atoms with van der Waals surface area (Å²) >= 11 is 3.12. The van der Waals surface area contributed by atoms with E-state index < -0.39 is 5.91 Å². The van der Waals surface area contributed by atoms with Crippen LogP contribution in [0, 0.1) is 11.3 Å². The number of benzene rings is 2. The summed E-state index contributed by atoms with van der Waals surface area (Å²) in [6, 6.07) is 13.7. The first kappa shape index (κ1) is 16.6. The number of carbonyl (C=O) groups excluding carboxylic acids is 1. The zero-order valence-electron chi connectivity index (χ0n) is 12.0. The Kier molecular flexibility index (Phi) is 5.39. The molecule has 5 nitrogen and oxygen atoms in total. The number of aromatic hydroxyl groups is 2. The summed E-state index contributed by atoms with van der Waals surface area (Å²) in [5, 5.41) is 31.0. The van der Waals surface area contributed by atoms with Crippen molar-refractivity contribution < 1.29 is 15.0 Å². The highest BCUT2D eigenvalue weighted by molar-refractivity contribution is 9.10. The van der Waals surface area contributed by atoms with E-state index in [4.69, 9.17) is 5.26 Å². The molecule has 6 heteroatoms. The standard InChI is InChI=1S/C17H13BrN2O3/c18-14-7-12(15(21)8-16(14)22)6-13(9-19)17(23)20-10-11-4-2-1-3-5-11/h1-8,21-22H,10H2,(H,20,23)/b13-6-. The Morgan fingerprint density at radius 1 is 1.22 bits per heavy atom. The third-order valence-electron chi connectivity index (χ3n) is 3.06. The van der Waals surface area contributed by atoms with E-state index in [2.05, 4.69) is 21.2 Å². The summed E-state index contributed by atoms with van der Waals surface area (Å²) in [5.41, 5.74) is 1.02. The van der Waals surface area contributed by atoms with Gasteiger partial charge in [-0.25, -0.2) is 0 Å². The van der Waals surface area contributed by atoms with Crippen molar-refractivity contribution in [3.63, 3.8) is 0 Å². The quantitative estimate of drug-likeness (QED) is 0.567. The van der Waals surface area contributed by atoms with Crippen LogP contribution in [0.5, 0.6) is 11.5 Å². The van der Waals surface area contributed by atoms with Gasteiger partial charge >= 0.3 is 0 Å². The molecule has 2 aromatic rings. The lowest BCUT2D eigenvalue weighted by Crippen LogP contribution is -2.23. The van der Waals surface area contributed by atoms with Crippen LogP contribution in [0.1, 0.15) is 11.1 Å². The van der Waals surface area contributed by atoms with Crippen LogP contribution in [0.4, 0.5) is 0 Å². The molecule has 3 N–H and O–H groups in total. The van der Waals surface area contributed by atoms with Crippen molar-refractivity contribution in [3.8, 4) is 17.6 Å². The molecule has 0 unspecified atom stereocenters. The highest BCUT2D eigenvalue weighted by atomic mass is 79.9. The van der Waals surface area contributed by atoms with Crippen molar-refractivity contribution in [2.45, 2.75) is 6.54 Å². The number of nitrogens with one attached hydrogen (secondary N) is 1. The van der Waals surface area contributed by atoms with Gasteiger partial charge in [-0.2, -0.15) is 5.26 Å². The van der Waals surface area contributed by atoms with E-state index in [9.17, 15) is 15.0 Å². The Labute approximate surface area is 141 Å². The molecular weight excluding hydrogens is 360 g/mol. The van der Waals surface area contributed by atoms with Crippen molar-refractivity contribution in [2.24, 2.45) is 0 Å². The maximum absolute atomic E-state index is 12.1. The number of hydrogen-bond donors (Lipinski definition) is 3. The van der Waals surface area contributed by atoms with Gasteiger partial charge in [-0.15, -0.1) is 0 Å². The fraction of sp³-hybridized carbons (Fsp3) is 0.0588. The molecule has 2 aromatic carbocycles. The average Bonchev–Trinajstić information content (AvgIpc) is 2.55. The van der Waals surface area contributed by atoms with E-state index in [0.717, 1.165) is 11.6 Å². The molecule has 0 saturated heterocycles. The Hall–Kier alpha value is -2.78. The first-order valence-corrected chi connectivity index (χ1v) is 7.46. The zero-order chi connectivity index (χ0) is 16.8. The van der Waals surface area contributed by atoms with Crippen LogP contribution in [0.25, 0.3) is 6.08 Å². The third kappa shape index (κ3) is 4.34. The number of amides is 1. The van der Waals surface area contributed by atoms with Crippen LogP contribution < -0.4 is 5.32 Å². The summed E-state index contributed by atoms with van der Waals surface area (Å²) in [6.45, 7) is 0.296. The molecule has 23 heavy (non-hydrogen) atoms. The number of halogens is 1. The van der Waals surface area contributed by atoms with Gasteiger partial charge in [0, 0.05) is 18.2 Å². The molecule has 0 saturated carbocycles. The van der Waals surface area contributed by atoms with E-state index in [1.54, 1.807) is 0 Å². The average molecular weight is 373 g/mol. The smallest absolute Gasteiger partial charge is 0.262 e. The minimum Gasteiger partial charge on any atom is -0.507 e. The number of hydrogen-bond acceptors (Lipinski definition) is 4. The second kappa shape index (κ2) is 7.47. The lowest BCUT2D eigenvalue weighted by atomic mass is 10.1. The second-order valence-corrected chi connectivity index (χ2v) is 5.55. The molecule has 0 fully saturated rings. The first-order valence-electron chi connectivity index (χ1n) is 6.66. The lowest BCUT2D eigenvalue weighted by molar-refractivity contribution is -0.117. The van der Waals surface area contributed by atoms with Gasteiger partial charge in [0.05, 0.1) is 4.47 Å². The third-order valence-corrected chi connectivity index (χ3v) is 3.69. The van der Waals surface area contributed by atoms with E-state index in [0.29, 0.717) is 11.0 Å². The van der Waals surface area contributed by atoms with Gasteiger partial charge in [-0.05, 0) is 33.6 Å². The molecule has 0 spiro atoms. The van der Waals surface area contributed by atoms with Crippen molar-refractivity contribution in [1.29, 1.82) is 5.26 Å². The summed E-state index contributed by atoms with van der Waals surface area (Å²) in [7, 11) is 0. The number of nitrogens with zero attached hydrogens (tertiary/aromatic N) is 1. The molecule has 0 aliphatic heterocycles. The topological polar surface area (TPSA) is 93.3 Å². The number of carbonyl (C=O) groups is 1. The number of phenolic OH excluding ortho intramolecular Hbond substituents is 2. The van der Waals surface area contributed by atoms with Gasteiger partial charge in [0.2, 0.25) is 0 Å².